The van der Waals surface area contributed by atoms with Crippen LogP contribution in [-0.4, -0.2) is 26.5 Å². The highest BCUT2D eigenvalue weighted by atomic mass is 16.1. The zero-order chi connectivity index (χ0) is 22.0. The molecule has 0 aliphatic heterocycles. The zero-order valence-corrected chi connectivity index (χ0v) is 17.9. The van der Waals surface area contributed by atoms with Gasteiger partial charge < -0.3 is 5.32 Å². The molecule has 2 heterocycles. The van der Waals surface area contributed by atoms with E-state index < -0.39 is 0 Å². The number of benzene rings is 2. The van der Waals surface area contributed by atoms with Gasteiger partial charge in [-0.2, -0.15) is 0 Å². The van der Waals surface area contributed by atoms with E-state index in [0.717, 1.165) is 28.1 Å². The Balaban J connectivity index is 1.59. The molecule has 6 nitrogen and oxygen atoms in total. The monoisotopic (exact) mass is 414 g/mol. The number of nitrogens with zero attached hydrogens (tertiary/aromatic N) is 2. The summed E-state index contributed by atoms with van der Waals surface area (Å²) in [7, 11) is 0. The first-order valence-corrected chi connectivity index (χ1v) is 10.4. The molecule has 1 unspecified atom stereocenters. The van der Waals surface area contributed by atoms with Gasteiger partial charge in [0, 0.05) is 35.0 Å². The van der Waals surface area contributed by atoms with Gasteiger partial charge in [0.15, 0.2) is 5.65 Å². The van der Waals surface area contributed by atoms with Crippen molar-refractivity contribution in [2.75, 3.05) is 0 Å². The summed E-state index contributed by atoms with van der Waals surface area (Å²) in [5.41, 5.74) is 5.05. The second-order valence-electron chi connectivity index (χ2n) is 7.91. The predicted octanol–water partition coefficient (Wildman–Crippen LogP) is 3.52. The lowest BCUT2D eigenvalue weighted by molar-refractivity contribution is -0.121. The van der Waals surface area contributed by atoms with Crippen molar-refractivity contribution in [1.82, 2.24) is 19.9 Å². The van der Waals surface area contributed by atoms with Crippen molar-refractivity contribution < 1.29 is 4.79 Å². The molecule has 0 saturated carbocycles. The van der Waals surface area contributed by atoms with Gasteiger partial charge >= 0.3 is 0 Å². The molecule has 4 aromatic rings. The standard InChI is InChI=1S/C25H26N4O2/c1-16-21(18(3)29-22(26-16)15-24(31)28-29)14-23(30)27-17(2)25(19-10-6-4-7-11-19)20-12-8-5-9-13-20/h4-13,15,17,25H,14H2,1-3H3,(H,27,30)(H,28,31). The number of fused-ring (bicyclic) bond motifs is 1. The summed E-state index contributed by atoms with van der Waals surface area (Å²) in [5, 5.41) is 5.92. The predicted molar refractivity (Wildman–Crippen MR) is 121 cm³/mol. The van der Waals surface area contributed by atoms with Crippen LogP contribution in [0.5, 0.6) is 0 Å². The van der Waals surface area contributed by atoms with Crippen LogP contribution in [0.15, 0.2) is 71.5 Å². The smallest absolute Gasteiger partial charge is 0.266 e. The van der Waals surface area contributed by atoms with Gasteiger partial charge in [-0.05, 0) is 31.9 Å². The van der Waals surface area contributed by atoms with Crippen LogP contribution in [0.2, 0.25) is 0 Å². The number of carbonyl (C=O) groups excluding carboxylic acids is 1. The number of amides is 1. The number of hydrogen-bond donors (Lipinski definition) is 2. The van der Waals surface area contributed by atoms with Crippen molar-refractivity contribution in [2.24, 2.45) is 0 Å². The fraction of sp³-hybridized carbons (Fsp3) is 0.240. The van der Waals surface area contributed by atoms with Gasteiger partial charge in [0.2, 0.25) is 5.91 Å². The van der Waals surface area contributed by atoms with Crippen LogP contribution < -0.4 is 10.9 Å². The van der Waals surface area contributed by atoms with Crippen LogP contribution in [0.4, 0.5) is 0 Å². The molecule has 0 saturated heterocycles. The number of nitrogens with one attached hydrogen (secondary N) is 2. The lowest BCUT2D eigenvalue weighted by atomic mass is 9.85. The van der Waals surface area contributed by atoms with Gasteiger partial charge in [-0.25, -0.2) is 9.50 Å². The van der Waals surface area contributed by atoms with Gasteiger partial charge in [-0.3, -0.25) is 14.7 Å². The van der Waals surface area contributed by atoms with Gasteiger partial charge in [0.25, 0.3) is 5.56 Å². The minimum Gasteiger partial charge on any atom is -0.352 e. The summed E-state index contributed by atoms with van der Waals surface area (Å²) < 4.78 is 1.64. The zero-order valence-electron chi connectivity index (χ0n) is 17.9. The fourth-order valence-corrected chi connectivity index (χ4v) is 4.25. The van der Waals surface area contributed by atoms with E-state index >= 15 is 0 Å². The molecule has 6 heteroatoms. The number of aromatic nitrogens is 3. The maximum atomic E-state index is 13.0. The normalized spacial score (nSPS) is 12.3. The highest BCUT2D eigenvalue weighted by molar-refractivity contribution is 5.79. The number of hydrogen-bond acceptors (Lipinski definition) is 3. The van der Waals surface area contributed by atoms with Crippen LogP contribution in [0.3, 0.4) is 0 Å². The third-order valence-corrected chi connectivity index (χ3v) is 5.75. The van der Waals surface area contributed by atoms with Crippen LogP contribution in [0.1, 0.15) is 40.9 Å². The molecule has 0 aliphatic carbocycles. The molecule has 2 aromatic heterocycles. The molecule has 0 aliphatic rings. The molecule has 158 valence electrons. The molecule has 0 radical (unpaired) electrons. The Morgan fingerprint density at radius 3 is 2.19 bits per heavy atom. The molecule has 0 fully saturated rings. The van der Waals surface area contributed by atoms with Crippen molar-refractivity contribution in [3.05, 3.63) is 105 Å². The second kappa shape index (κ2) is 8.60. The van der Waals surface area contributed by atoms with Gasteiger partial charge in [0.05, 0.1) is 6.42 Å². The Hall–Kier alpha value is -3.67. The second-order valence-corrected chi connectivity index (χ2v) is 7.91. The summed E-state index contributed by atoms with van der Waals surface area (Å²) in [6, 6.07) is 21.8. The van der Waals surface area contributed by atoms with Gasteiger partial charge in [0.1, 0.15) is 0 Å². The van der Waals surface area contributed by atoms with Crippen LogP contribution in [0, 0.1) is 13.8 Å². The molecule has 2 aromatic carbocycles. The maximum Gasteiger partial charge on any atom is 0.266 e. The Morgan fingerprint density at radius 2 is 1.61 bits per heavy atom. The SMILES string of the molecule is Cc1nc2cc(=O)[nH]n2c(C)c1CC(=O)NC(C)C(c1ccccc1)c1ccccc1. The van der Waals surface area contributed by atoms with Crippen molar-refractivity contribution in [3.8, 4) is 0 Å². The van der Waals surface area contributed by atoms with E-state index in [9.17, 15) is 9.59 Å². The fourth-order valence-electron chi connectivity index (χ4n) is 4.25. The Labute approximate surface area is 180 Å². The van der Waals surface area contributed by atoms with Gasteiger partial charge in [-0.1, -0.05) is 60.7 Å². The van der Waals surface area contributed by atoms with Crippen molar-refractivity contribution in [1.29, 1.82) is 0 Å². The third kappa shape index (κ3) is 4.28. The molecule has 31 heavy (non-hydrogen) atoms. The Kier molecular flexibility index (Phi) is 5.71. The number of rotatable bonds is 6. The van der Waals surface area contributed by atoms with E-state index in [0.29, 0.717) is 5.65 Å². The maximum absolute atomic E-state index is 13.0. The summed E-state index contributed by atoms with van der Waals surface area (Å²) in [5.74, 6) is -0.0406. The van der Waals surface area contributed by atoms with E-state index in [1.807, 2.05) is 57.2 Å². The number of carbonyl (C=O) groups is 1. The summed E-state index contributed by atoms with van der Waals surface area (Å²) in [6.45, 7) is 5.79. The molecule has 2 N–H and O–H groups in total. The van der Waals surface area contributed by atoms with Crippen molar-refractivity contribution in [3.63, 3.8) is 0 Å². The number of aromatic amines is 1. The average Bonchev–Trinajstić information content (AvgIpc) is 3.13. The highest BCUT2D eigenvalue weighted by Crippen LogP contribution is 2.28. The van der Waals surface area contributed by atoms with Crippen molar-refractivity contribution in [2.45, 2.75) is 39.2 Å². The summed E-state index contributed by atoms with van der Waals surface area (Å²) >= 11 is 0. The van der Waals surface area contributed by atoms with E-state index in [1.54, 1.807) is 4.52 Å². The van der Waals surface area contributed by atoms with E-state index in [1.165, 1.54) is 6.07 Å². The van der Waals surface area contributed by atoms with Crippen molar-refractivity contribution >= 4 is 11.6 Å². The minimum atomic E-state index is -0.209. The molecule has 1 amide bonds. The average molecular weight is 415 g/mol. The summed E-state index contributed by atoms with van der Waals surface area (Å²) in [6.07, 6.45) is 0.196. The first-order valence-electron chi connectivity index (χ1n) is 10.4. The first-order chi connectivity index (χ1) is 14.9. The van der Waals surface area contributed by atoms with E-state index in [-0.39, 0.29) is 29.8 Å². The minimum absolute atomic E-state index is 0.0370. The highest BCUT2D eigenvalue weighted by Gasteiger charge is 2.23. The largest absolute Gasteiger partial charge is 0.352 e. The number of aryl methyl sites for hydroxylation is 2. The van der Waals surface area contributed by atoms with Crippen LogP contribution in [0.25, 0.3) is 5.65 Å². The Bertz CT molecular complexity index is 1220. The number of H-pyrrole nitrogens is 1. The quantitative estimate of drug-likeness (QED) is 0.507. The van der Waals surface area contributed by atoms with E-state index in [2.05, 4.69) is 39.7 Å². The lowest BCUT2D eigenvalue weighted by Gasteiger charge is -2.26. The lowest BCUT2D eigenvalue weighted by Crippen LogP contribution is -2.38. The molecular weight excluding hydrogens is 388 g/mol. The molecular formula is C25H26N4O2. The van der Waals surface area contributed by atoms with Crippen LogP contribution in [-0.2, 0) is 11.2 Å². The first kappa shape index (κ1) is 20.6. The topological polar surface area (TPSA) is 79.3 Å². The molecule has 4 rings (SSSR count). The Morgan fingerprint density at radius 1 is 1.03 bits per heavy atom. The summed E-state index contributed by atoms with van der Waals surface area (Å²) in [4.78, 5) is 29.2. The molecule has 0 bridgehead atoms. The third-order valence-electron chi connectivity index (χ3n) is 5.75. The molecule has 1 atom stereocenters. The van der Waals surface area contributed by atoms with E-state index in [4.69, 9.17) is 0 Å². The molecule has 0 spiro atoms. The van der Waals surface area contributed by atoms with Gasteiger partial charge in [-0.15, -0.1) is 0 Å². The van der Waals surface area contributed by atoms with Crippen LogP contribution >= 0.6 is 0 Å².